The van der Waals surface area contributed by atoms with E-state index < -0.39 is 4.92 Å². The van der Waals surface area contributed by atoms with Gasteiger partial charge in [-0.15, -0.1) is 0 Å². The summed E-state index contributed by atoms with van der Waals surface area (Å²) in [6.45, 7) is 0. The standard InChI is InChI=1S/C13H9ClN2O3/c14-11-5-4-10(16(18)19)8-9(11)3-6-13(17)12-2-1-7-15-12/h1-8,15H/b6-3+. The predicted octanol–water partition coefficient (Wildman–Crippen LogP) is 3.47. The first-order valence-corrected chi connectivity index (χ1v) is 5.75. The van der Waals surface area contributed by atoms with E-state index in [0.717, 1.165) is 0 Å². The van der Waals surface area contributed by atoms with E-state index >= 15 is 0 Å². The van der Waals surface area contributed by atoms with Crippen molar-refractivity contribution in [3.8, 4) is 0 Å². The topological polar surface area (TPSA) is 76.0 Å². The van der Waals surface area contributed by atoms with Crippen LogP contribution in [0, 0.1) is 10.1 Å². The van der Waals surface area contributed by atoms with Crippen LogP contribution in [-0.2, 0) is 0 Å². The maximum Gasteiger partial charge on any atom is 0.270 e. The normalized spacial score (nSPS) is 10.8. The van der Waals surface area contributed by atoms with Crippen LogP contribution >= 0.6 is 11.6 Å². The lowest BCUT2D eigenvalue weighted by molar-refractivity contribution is -0.384. The third kappa shape index (κ3) is 3.08. The highest BCUT2D eigenvalue weighted by molar-refractivity contribution is 6.32. The molecule has 2 rings (SSSR count). The summed E-state index contributed by atoms with van der Waals surface area (Å²) in [6, 6.07) is 7.41. The number of nitrogens with one attached hydrogen (secondary N) is 1. The number of nitro benzene ring substituents is 1. The Morgan fingerprint density at radius 1 is 1.37 bits per heavy atom. The van der Waals surface area contributed by atoms with E-state index in [1.54, 1.807) is 18.3 Å². The van der Waals surface area contributed by atoms with Crippen LogP contribution < -0.4 is 0 Å². The van der Waals surface area contributed by atoms with Crippen LogP contribution in [0.3, 0.4) is 0 Å². The number of ketones is 1. The molecule has 0 fully saturated rings. The number of non-ortho nitro benzene ring substituents is 1. The van der Waals surface area contributed by atoms with E-state index in [0.29, 0.717) is 16.3 Å². The van der Waals surface area contributed by atoms with E-state index in [4.69, 9.17) is 11.6 Å². The minimum absolute atomic E-state index is 0.0728. The summed E-state index contributed by atoms with van der Waals surface area (Å²) in [4.78, 5) is 24.6. The number of halogens is 1. The smallest absolute Gasteiger partial charge is 0.270 e. The lowest BCUT2D eigenvalue weighted by Crippen LogP contribution is -1.94. The molecule has 0 aliphatic rings. The molecule has 0 unspecified atom stereocenters. The molecule has 0 saturated carbocycles. The van der Waals surface area contributed by atoms with Crippen molar-refractivity contribution in [2.45, 2.75) is 0 Å². The molecule has 1 heterocycles. The number of carbonyl (C=O) groups is 1. The minimum Gasteiger partial charge on any atom is -0.359 e. The van der Waals surface area contributed by atoms with Crippen LogP contribution in [0.2, 0.25) is 5.02 Å². The highest BCUT2D eigenvalue weighted by Crippen LogP contribution is 2.23. The van der Waals surface area contributed by atoms with E-state index in [2.05, 4.69) is 4.98 Å². The third-order valence-corrected chi connectivity index (χ3v) is 2.81. The average Bonchev–Trinajstić information content (AvgIpc) is 2.91. The molecular formula is C13H9ClN2O3. The molecule has 0 radical (unpaired) electrons. The SMILES string of the molecule is O=C(/C=C/c1cc([N+](=O)[O-])ccc1Cl)c1ccc[nH]1. The number of hydrogen-bond donors (Lipinski definition) is 1. The van der Waals surface area contributed by atoms with Crippen molar-refractivity contribution >= 4 is 29.1 Å². The molecule has 1 aromatic carbocycles. The van der Waals surface area contributed by atoms with E-state index in [9.17, 15) is 14.9 Å². The second-order valence-corrected chi connectivity index (χ2v) is 4.15. The van der Waals surface area contributed by atoms with E-state index in [1.807, 2.05) is 0 Å². The fraction of sp³-hybridized carbons (Fsp3) is 0. The van der Waals surface area contributed by atoms with Crippen molar-refractivity contribution in [3.63, 3.8) is 0 Å². The monoisotopic (exact) mass is 276 g/mol. The zero-order valence-electron chi connectivity index (χ0n) is 9.67. The van der Waals surface area contributed by atoms with Gasteiger partial charge in [0.15, 0.2) is 0 Å². The number of allylic oxidation sites excluding steroid dienone is 1. The number of aromatic nitrogens is 1. The van der Waals surface area contributed by atoms with Crippen LogP contribution in [0.15, 0.2) is 42.6 Å². The quantitative estimate of drug-likeness (QED) is 0.402. The Morgan fingerprint density at radius 2 is 2.16 bits per heavy atom. The summed E-state index contributed by atoms with van der Waals surface area (Å²) in [7, 11) is 0. The van der Waals surface area contributed by atoms with Crippen molar-refractivity contribution in [1.29, 1.82) is 0 Å². The second kappa shape index (κ2) is 5.49. The number of carbonyl (C=O) groups excluding carboxylic acids is 1. The van der Waals surface area contributed by atoms with Crippen LogP contribution in [0.4, 0.5) is 5.69 Å². The number of benzene rings is 1. The zero-order chi connectivity index (χ0) is 13.8. The van der Waals surface area contributed by atoms with Gasteiger partial charge in [0.1, 0.15) is 0 Å². The Kier molecular flexibility index (Phi) is 3.77. The zero-order valence-corrected chi connectivity index (χ0v) is 10.4. The van der Waals surface area contributed by atoms with Crippen LogP contribution in [-0.4, -0.2) is 15.7 Å². The van der Waals surface area contributed by atoms with Crippen molar-refractivity contribution in [2.75, 3.05) is 0 Å². The highest BCUT2D eigenvalue weighted by Gasteiger charge is 2.08. The van der Waals surface area contributed by atoms with Crippen molar-refractivity contribution in [3.05, 3.63) is 69.0 Å². The van der Waals surface area contributed by atoms with Gasteiger partial charge in [-0.3, -0.25) is 14.9 Å². The molecule has 2 aromatic rings. The van der Waals surface area contributed by atoms with Crippen LogP contribution in [0.25, 0.3) is 6.08 Å². The Morgan fingerprint density at radius 3 is 2.79 bits per heavy atom. The molecule has 0 saturated heterocycles. The first-order chi connectivity index (χ1) is 9.08. The van der Waals surface area contributed by atoms with Gasteiger partial charge in [0.2, 0.25) is 5.78 Å². The van der Waals surface area contributed by atoms with Gasteiger partial charge in [0.05, 0.1) is 10.6 Å². The molecule has 0 spiro atoms. The van der Waals surface area contributed by atoms with Gasteiger partial charge in [-0.1, -0.05) is 11.6 Å². The van der Waals surface area contributed by atoms with Gasteiger partial charge in [-0.05, 0) is 35.9 Å². The number of nitrogens with zero attached hydrogens (tertiary/aromatic N) is 1. The maximum absolute atomic E-state index is 11.7. The molecule has 1 N–H and O–H groups in total. The summed E-state index contributed by atoms with van der Waals surface area (Å²) in [5.74, 6) is -0.229. The molecule has 19 heavy (non-hydrogen) atoms. The Balaban J connectivity index is 2.25. The number of nitro groups is 1. The first kappa shape index (κ1) is 13.0. The molecule has 0 aliphatic carbocycles. The minimum atomic E-state index is -0.513. The summed E-state index contributed by atoms with van der Waals surface area (Å²) >= 11 is 5.92. The molecule has 0 atom stereocenters. The average molecular weight is 277 g/mol. The van der Waals surface area contributed by atoms with Crippen LogP contribution in [0.1, 0.15) is 16.1 Å². The summed E-state index contributed by atoms with van der Waals surface area (Å²) in [5.41, 5.74) is 0.796. The highest BCUT2D eigenvalue weighted by atomic mass is 35.5. The summed E-state index contributed by atoms with van der Waals surface area (Å²) in [5, 5.41) is 11.0. The third-order valence-electron chi connectivity index (χ3n) is 2.47. The Labute approximate surface area is 113 Å². The van der Waals surface area contributed by atoms with Gasteiger partial charge < -0.3 is 4.98 Å². The lowest BCUT2D eigenvalue weighted by Gasteiger charge is -1.98. The molecule has 5 nitrogen and oxygen atoms in total. The predicted molar refractivity (Wildman–Crippen MR) is 72.3 cm³/mol. The fourth-order valence-electron chi connectivity index (χ4n) is 1.51. The lowest BCUT2D eigenvalue weighted by atomic mass is 10.1. The fourth-order valence-corrected chi connectivity index (χ4v) is 1.69. The van der Waals surface area contributed by atoms with Crippen molar-refractivity contribution in [1.82, 2.24) is 4.98 Å². The molecule has 1 aromatic heterocycles. The number of hydrogen-bond acceptors (Lipinski definition) is 3. The first-order valence-electron chi connectivity index (χ1n) is 5.37. The van der Waals surface area contributed by atoms with Crippen molar-refractivity contribution in [2.24, 2.45) is 0 Å². The van der Waals surface area contributed by atoms with Gasteiger partial charge in [0, 0.05) is 23.4 Å². The molecule has 96 valence electrons. The van der Waals surface area contributed by atoms with Gasteiger partial charge in [-0.2, -0.15) is 0 Å². The largest absolute Gasteiger partial charge is 0.359 e. The van der Waals surface area contributed by atoms with E-state index in [-0.39, 0.29) is 11.5 Å². The number of rotatable bonds is 4. The van der Waals surface area contributed by atoms with Crippen molar-refractivity contribution < 1.29 is 9.72 Å². The second-order valence-electron chi connectivity index (χ2n) is 3.74. The maximum atomic E-state index is 11.7. The van der Waals surface area contributed by atoms with Gasteiger partial charge >= 0.3 is 0 Å². The number of aromatic amines is 1. The van der Waals surface area contributed by atoms with Gasteiger partial charge in [0.25, 0.3) is 5.69 Å². The molecule has 6 heteroatoms. The van der Waals surface area contributed by atoms with Crippen LogP contribution in [0.5, 0.6) is 0 Å². The molecule has 0 bridgehead atoms. The molecule has 0 amide bonds. The molecule has 0 aliphatic heterocycles. The van der Waals surface area contributed by atoms with E-state index in [1.165, 1.54) is 30.4 Å². The summed E-state index contributed by atoms with van der Waals surface area (Å²) < 4.78 is 0. The summed E-state index contributed by atoms with van der Waals surface area (Å²) in [6.07, 6.45) is 4.41. The Hall–Kier alpha value is -2.40. The number of H-pyrrole nitrogens is 1. The van der Waals surface area contributed by atoms with Gasteiger partial charge in [-0.25, -0.2) is 0 Å². The Bertz CT molecular complexity index is 648. The molecular weight excluding hydrogens is 268 g/mol.